The van der Waals surface area contributed by atoms with E-state index in [4.69, 9.17) is 4.74 Å². The average molecular weight is 451 g/mol. The molecule has 180 valence electrons. The first-order valence-corrected chi connectivity index (χ1v) is 13.0. The monoisotopic (exact) mass is 450 g/mol. The Kier molecular flexibility index (Phi) is 14.6. The average Bonchev–Trinajstić information content (AvgIpc) is 2.84. The van der Waals surface area contributed by atoms with E-state index in [1.807, 2.05) is 48.8 Å². The van der Waals surface area contributed by atoms with Crippen LogP contribution in [0.1, 0.15) is 108 Å². The van der Waals surface area contributed by atoms with Crippen LogP contribution >= 0.6 is 0 Å². The van der Waals surface area contributed by atoms with Crippen molar-refractivity contribution in [2.75, 3.05) is 0 Å². The van der Waals surface area contributed by atoms with E-state index in [-0.39, 0.29) is 5.97 Å². The second-order valence-electron chi connectivity index (χ2n) is 8.87. The van der Waals surface area contributed by atoms with Crippen LogP contribution in [-0.4, -0.2) is 17.2 Å². The molecule has 0 amide bonds. The van der Waals surface area contributed by atoms with E-state index in [2.05, 4.69) is 16.9 Å². The van der Waals surface area contributed by atoms with Crippen LogP contribution in [0, 0.1) is 0 Å². The number of hydrogen-bond donors (Lipinski definition) is 0. The molecule has 2 rings (SSSR count). The predicted molar refractivity (Wildman–Crippen MR) is 138 cm³/mol. The zero-order chi connectivity index (χ0) is 23.4. The topological polar surface area (TPSA) is 51.5 Å². The number of benzene rings is 1. The molecule has 0 N–H and O–H groups in total. The summed E-state index contributed by atoms with van der Waals surface area (Å²) in [4.78, 5) is 20.6. The third-order valence-electron chi connectivity index (χ3n) is 5.83. The highest BCUT2D eigenvalue weighted by Crippen LogP contribution is 2.15. The second kappa shape index (κ2) is 18.0. The van der Waals surface area contributed by atoms with Gasteiger partial charge in [0.05, 0.1) is 6.54 Å². The van der Waals surface area contributed by atoms with Gasteiger partial charge >= 0.3 is 5.97 Å². The molecule has 0 unspecified atom stereocenters. The van der Waals surface area contributed by atoms with Gasteiger partial charge in [0.15, 0.2) is 0 Å². The molecule has 0 aliphatic rings. The van der Waals surface area contributed by atoms with Crippen molar-refractivity contribution in [3.63, 3.8) is 0 Å². The van der Waals surface area contributed by atoms with Gasteiger partial charge in [0.1, 0.15) is 5.75 Å². The summed E-state index contributed by atoms with van der Waals surface area (Å²) in [5.41, 5.74) is 2.06. The Balaban J connectivity index is 1.47. The van der Waals surface area contributed by atoms with Gasteiger partial charge in [-0.2, -0.15) is 0 Å². The molecule has 0 spiro atoms. The number of aliphatic imine (C=N–C) groups is 1. The van der Waals surface area contributed by atoms with Gasteiger partial charge in [-0.1, -0.05) is 90.0 Å². The van der Waals surface area contributed by atoms with Gasteiger partial charge in [-0.3, -0.25) is 14.8 Å². The van der Waals surface area contributed by atoms with Crippen LogP contribution in [0.5, 0.6) is 5.75 Å². The number of unbranched alkanes of at least 4 members (excludes halogenated alkanes) is 12. The number of esters is 1. The van der Waals surface area contributed by atoms with Gasteiger partial charge in [-0.15, -0.1) is 0 Å². The summed E-state index contributed by atoms with van der Waals surface area (Å²) in [5, 5.41) is 0. The first kappa shape index (κ1) is 26.8. The highest BCUT2D eigenvalue weighted by Gasteiger charge is 2.05. The SMILES string of the molecule is CCCCCCCCCCCCCCCC(=O)Oc1ccc(C=NCc2cccnc2)cc1. The van der Waals surface area contributed by atoms with Gasteiger partial charge < -0.3 is 4.74 Å². The number of pyridine rings is 1. The lowest BCUT2D eigenvalue weighted by atomic mass is 10.0. The summed E-state index contributed by atoms with van der Waals surface area (Å²) in [7, 11) is 0. The van der Waals surface area contributed by atoms with E-state index in [1.165, 1.54) is 70.6 Å². The van der Waals surface area contributed by atoms with Crippen molar-refractivity contribution < 1.29 is 9.53 Å². The first-order chi connectivity index (χ1) is 16.3. The van der Waals surface area contributed by atoms with E-state index in [0.717, 1.165) is 24.0 Å². The van der Waals surface area contributed by atoms with E-state index >= 15 is 0 Å². The fraction of sp³-hybridized carbons (Fsp3) is 0.552. The van der Waals surface area contributed by atoms with Crippen LogP contribution in [0.4, 0.5) is 0 Å². The summed E-state index contributed by atoms with van der Waals surface area (Å²) in [6, 6.07) is 11.4. The summed E-state index contributed by atoms with van der Waals surface area (Å²) in [6.07, 6.45) is 22.8. The molecule has 1 aromatic carbocycles. The number of ether oxygens (including phenoxy) is 1. The van der Waals surface area contributed by atoms with Crippen LogP contribution < -0.4 is 4.74 Å². The molecule has 4 heteroatoms. The molecule has 2 aromatic rings. The second-order valence-corrected chi connectivity index (χ2v) is 8.87. The Hall–Kier alpha value is -2.49. The molecular weight excluding hydrogens is 408 g/mol. The number of carbonyl (C=O) groups is 1. The minimum absolute atomic E-state index is 0.143. The van der Waals surface area contributed by atoms with E-state index in [1.54, 1.807) is 6.20 Å². The largest absolute Gasteiger partial charge is 0.427 e. The predicted octanol–water partition coefficient (Wildman–Crippen LogP) is 8.09. The Labute approximate surface area is 200 Å². The number of nitrogens with zero attached hydrogens (tertiary/aromatic N) is 2. The number of aromatic nitrogens is 1. The molecule has 0 fully saturated rings. The van der Waals surface area contributed by atoms with Crippen LogP contribution in [0.3, 0.4) is 0 Å². The van der Waals surface area contributed by atoms with Gasteiger partial charge in [0.2, 0.25) is 0 Å². The van der Waals surface area contributed by atoms with Crippen molar-refractivity contribution in [2.24, 2.45) is 4.99 Å². The Morgan fingerprint density at radius 1 is 0.848 bits per heavy atom. The van der Waals surface area contributed by atoms with Gasteiger partial charge in [-0.05, 0) is 47.9 Å². The van der Waals surface area contributed by atoms with Crippen LogP contribution in [-0.2, 0) is 11.3 Å². The lowest BCUT2D eigenvalue weighted by Crippen LogP contribution is -2.07. The number of hydrogen-bond acceptors (Lipinski definition) is 4. The third kappa shape index (κ3) is 13.6. The molecule has 0 aliphatic carbocycles. The summed E-state index contributed by atoms with van der Waals surface area (Å²) in [5.74, 6) is 0.454. The van der Waals surface area contributed by atoms with Gasteiger partial charge in [-0.25, -0.2) is 0 Å². The minimum Gasteiger partial charge on any atom is -0.427 e. The van der Waals surface area contributed by atoms with Crippen molar-refractivity contribution in [3.05, 3.63) is 59.9 Å². The quantitative estimate of drug-likeness (QED) is 0.0998. The zero-order valence-corrected chi connectivity index (χ0v) is 20.5. The van der Waals surface area contributed by atoms with Crippen molar-refractivity contribution in [2.45, 2.75) is 103 Å². The summed E-state index contributed by atoms with van der Waals surface area (Å²) < 4.78 is 5.46. The molecule has 33 heavy (non-hydrogen) atoms. The van der Waals surface area contributed by atoms with Crippen molar-refractivity contribution in [1.29, 1.82) is 0 Å². The van der Waals surface area contributed by atoms with E-state index < -0.39 is 0 Å². The summed E-state index contributed by atoms with van der Waals surface area (Å²) in [6.45, 7) is 2.87. The van der Waals surface area contributed by atoms with Crippen LogP contribution in [0.2, 0.25) is 0 Å². The lowest BCUT2D eigenvalue weighted by molar-refractivity contribution is -0.134. The van der Waals surface area contributed by atoms with E-state index in [9.17, 15) is 4.79 Å². The standard InChI is InChI=1S/C29H42N2O2/c1-2-3-4-5-6-7-8-9-10-11-12-13-14-17-29(32)33-28-20-18-26(19-21-28)23-31-25-27-16-15-22-30-24-27/h15-16,18-24H,2-14,17,25H2,1H3. The molecule has 1 heterocycles. The normalized spacial score (nSPS) is 11.2. The van der Waals surface area contributed by atoms with Crippen molar-refractivity contribution in [3.8, 4) is 5.75 Å². The zero-order valence-electron chi connectivity index (χ0n) is 20.5. The molecule has 0 atom stereocenters. The maximum atomic E-state index is 12.1. The Bertz CT molecular complexity index is 772. The number of carbonyl (C=O) groups excluding carboxylic acids is 1. The highest BCUT2D eigenvalue weighted by molar-refractivity contribution is 5.80. The maximum absolute atomic E-state index is 12.1. The van der Waals surface area contributed by atoms with Gasteiger partial charge in [0.25, 0.3) is 0 Å². The molecule has 0 saturated heterocycles. The van der Waals surface area contributed by atoms with Crippen LogP contribution in [0.15, 0.2) is 53.8 Å². The van der Waals surface area contributed by atoms with Crippen LogP contribution in [0.25, 0.3) is 0 Å². The smallest absolute Gasteiger partial charge is 0.311 e. The lowest BCUT2D eigenvalue weighted by Gasteiger charge is -2.05. The van der Waals surface area contributed by atoms with Crippen molar-refractivity contribution in [1.82, 2.24) is 4.98 Å². The molecule has 0 aliphatic heterocycles. The molecule has 0 radical (unpaired) electrons. The maximum Gasteiger partial charge on any atom is 0.311 e. The third-order valence-corrected chi connectivity index (χ3v) is 5.83. The Morgan fingerprint density at radius 3 is 2.03 bits per heavy atom. The van der Waals surface area contributed by atoms with Gasteiger partial charge in [0, 0.05) is 25.0 Å². The molecule has 0 saturated carbocycles. The fourth-order valence-electron chi connectivity index (χ4n) is 3.84. The highest BCUT2D eigenvalue weighted by atomic mass is 16.5. The molecular formula is C29H42N2O2. The van der Waals surface area contributed by atoms with Crippen molar-refractivity contribution >= 4 is 12.2 Å². The molecule has 4 nitrogen and oxygen atoms in total. The molecule has 0 bridgehead atoms. The van der Waals surface area contributed by atoms with E-state index in [0.29, 0.717) is 18.7 Å². The number of rotatable bonds is 18. The fourth-order valence-corrected chi connectivity index (χ4v) is 3.84. The Morgan fingerprint density at radius 2 is 1.45 bits per heavy atom. The molecule has 1 aromatic heterocycles. The minimum atomic E-state index is -0.143. The first-order valence-electron chi connectivity index (χ1n) is 13.0. The summed E-state index contributed by atoms with van der Waals surface area (Å²) >= 11 is 0.